The summed E-state index contributed by atoms with van der Waals surface area (Å²) in [7, 11) is 1.55. The molecule has 0 saturated carbocycles. The number of nitrogens with zero attached hydrogens (tertiary/aromatic N) is 2. The van der Waals surface area contributed by atoms with Crippen molar-refractivity contribution >= 4 is 35.8 Å². The van der Waals surface area contributed by atoms with Crippen LogP contribution in [0.2, 0.25) is 5.02 Å². The molecule has 1 heterocycles. The zero-order chi connectivity index (χ0) is 27.4. The molecule has 0 bridgehead atoms. The van der Waals surface area contributed by atoms with Gasteiger partial charge in [0, 0.05) is 41.1 Å². The van der Waals surface area contributed by atoms with E-state index in [0.717, 1.165) is 35.2 Å². The first-order valence-electron chi connectivity index (χ1n) is 11.8. The Hall–Kier alpha value is -2.85. The number of hydrogen-bond donors (Lipinski definition) is 1. The van der Waals surface area contributed by atoms with Crippen LogP contribution in [0.4, 0.5) is 13.2 Å². The summed E-state index contributed by atoms with van der Waals surface area (Å²) < 4.78 is 55.8. The van der Waals surface area contributed by atoms with Gasteiger partial charge in [-0.3, -0.25) is 4.57 Å². The maximum absolute atomic E-state index is 14.8. The van der Waals surface area contributed by atoms with Crippen molar-refractivity contribution in [3.05, 3.63) is 100 Å². The number of halogens is 5. The molecule has 11 heteroatoms. The Balaban J connectivity index is 0.00000420. The topological polar surface area (TPSA) is 62.3 Å². The van der Waals surface area contributed by atoms with E-state index in [-0.39, 0.29) is 48.4 Å². The molecule has 0 aliphatic carbocycles. The van der Waals surface area contributed by atoms with Crippen molar-refractivity contribution in [1.82, 2.24) is 9.55 Å². The smallest absolute Gasteiger partial charge is 0.173 e. The van der Waals surface area contributed by atoms with Gasteiger partial charge in [0.1, 0.15) is 35.6 Å². The second-order valence-electron chi connectivity index (χ2n) is 9.00. The normalized spacial score (nSPS) is 11.3. The largest absolute Gasteiger partial charge is 0.495 e. The van der Waals surface area contributed by atoms with E-state index in [1.54, 1.807) is 31.5 Å². The summed E-state index contributed by atoms with van der Waals surface area (Å²) in [5.41, 5.74) is 7.03. The Morgan fingerprint density at radius 1 is 1.03 bits per heavy atom. The molecular weight excluding hydrogens is 570 g/mol. The second kappa shape index (κ2) is 13.0. The van der Waals surface area contributed by atoms with E-state index >= 15 is 0 Å². The lowest BCUT2D eigenvalue weighted by Gasteiger charge is -2.28. The molecule has 39 heavy (non-hydrogen) atoms. The molecule has 0 atom stereocenters. The third kappa shape index (κ3) is 6.66. The number of aromatic nitrogens is 2. The molecule has 5 nitrogen and oxygen atoms in total. The molecule has 4 aromatic rings. The standard InChI is InChI=1S/C28H27ClF3N3O2S.ClH/c1-28(2,17-4-9-22(29)25(12-17)36-3)26-15-34-27(35(26)19-7-5-18(30)6-8-19)38-16-21-23(31)13-20(14-24(21)32)37-11-10-33;/h4-9,12-15H,10-11,16,33H2,1-3H3;1H. The fourth-order valence-electron chi connectivity index (χ4n) is 4.03. The van der Waals surface area contributed by atoms with Gasteiger partial charge in [-0.15, -0.1) is 12.4 Å². The predicted molar refractivity (Wildman–Crippen MR) is 151 cm³/mol. The van der Waals surface area contributed by atoms with Crippen LogP contribution in [0.1, 0.15) is 30.7 Å². The minimum Gasteiger partial charge on any atom is -0.495 e. The van der Waals surface area contributed by atoms with Crippen molar-refractivity contribution in [3.8, 4) is 17.2 Å². The van der Waals surface area contributed by atoms with E-state index < -0.39 is 17.0 Å². The summed E-state index contributed by atoms with van der Waals surface area (Å²) >= 11 is 7.41. The van der Waals surface area contributed by atoms with Crippen LogP contribution in [0.25, 0.3) is 5.69 Å². The summed E-state index contributed by atoms with van der Waals surface area (Å²) in [5, 5.41) is 0.974. The molecule has 2 N–H and O–H groups in total. The number of thioether (sulfide) groups is 1. The predicted octanol–water partition coefficient (Wildman–Crippen LogP) is 7.33. The van der Waals surface area contributed by atoms with Crippen molar-refractivity contribution in [1.29, 1.82) is 0 Å². The van der Waals surface area contributed by atoms with Gasteiger partial charge in [-0.05, 0) is 42.0 Å². The Morgan fingerprint density at radius 3 is 2.31 bits per heavy atom. The van der Waals surface area contributed by atoms with E-state index in [0.29, 0.717) is 21.6 Å². The molecule has 0 fully saturated rings. The quantitative estimate of drug-likeness (QED) is 0.194. The van der Waals surface area contributed by atoms with Crippen molar-refractivity contribution < 1.29 is 22.6 Å². The Bertz CT molecular complexity index is 1410. The van der Waals surface area contributed by atoms with Crippen LogP contribution >= 0.6 is 35.8 Å². The molecule has 0 aliphatic rings. The fraction of sp³-hybridized carbons (Fsp3) is 0.250. The Labute approximate surface area is 240 Å². The summed E-state index contributed by atoms with van der Waals surface area (Å²) in [6, 6.07) is 13.8. The molecule has 0 unspecified atom stereocenters. The third-order valence-corrected chi connectivity index (χ3v) is 7.47. The highest BCUT2D eigenvalue weighted by Crippen LogP contribution is 2.39. The molecule has 4 rings (SSSR count). The van der Waals surface area contributed by atoms with Gasteiger partial charge in [-0.1, -0.05) is 43.3 Å². The summed E-state index contributed by atoms with van der Waals surface area (Å²) in [4.78, 5) is 4.59. The van der Waals surface area contributed by atoms with Crippen molar-refractivity contribution in [2.24, 2.45) is 5.73 Å². The highest BCUT2D eigenvalue weighted by molar-refractivity contribution is 7.98. The minimum atomic E-state index is -0.724. The molecule has 3 aromatic carbocycles. The average Bonchev–Trinajstić information content (AvgIpc) is 3.32. The van der Waals surface area contributed by atoms with Crippen LogP contribution in [0.5, 0.6) is 11.5 Å². The van der Waals surface area contributed by atoms with Crippen molar-refractivity contribution in [3.63, 3.8) is 0 Å². The molecule has 0 amide bonds. The van der Waals surface area contributed by atoms with Gasteiger partial charge in [-0.2, -0.15) is 0 Å². The first-order chi connectivity index (χ1) is 18.1. The molecule has 0 radical (unpaired) electrons. The number of rotatable bonds is 10. The van der Waals surface area contributed by atoms with Crippen LogP contribution in [0, 0.1) is 17.5 Å². The van der Waals surface area contributed by atoms with Gasteiger partial charge >= 0.3 is 0 Å². The lowest BCUT2D eigenvalue weighted by Crippen LogP contribution is -2.23. The average molecular weight is 599 g/mol. The van der Waals surface area contributed by atoms with Gasteiger partial charge in [0.05, 0.1) is 24.0 Å². The van der Waals surface area contributed by atoms with Gasteiger partial charge in [-0.25, -0.2) is 18.2 Å². The second-order valence-corrected chi connectivity index (χ2v) is 10.4. The van der Waals surface area contributed by atoms with Gasteiger partial charge < -0.3 is 15.2 Å². The van der Waals surface area contributed by atoms with E-state index in [1.165, 1.54) is 12.1 Å². The summed E-state index contributed by atoms with van der Waals surface area (Å²) in [6.45, 7) is 4.41. The molecule has 208 valence electrons. The number of methoxy groups -OCH3 is 1. The SMILES string of the molecule is COc1cc(C(C)(C)c2cnc(SCc3c(F)cc(OCCN)cc3F)n2-c2ccc(F)cc2)ccc1Cl.Cl. The Morgan fingerprint density at radius 2 is 1.69 bits per heavy atom. The van der Waals surface area contributed by atoms with Crippen molar-refractivity contribution in [2.75, 3.05) is 20.3 Å². The maximum Gasteiger partial charge on any atom is 0.173 e. The third-order valence-electron chi connectivity index (χ3n) is 6.17. The molecule has 0 saturated heterocycles. The maximum atomic E-state index is 14.8. The lowest BCUT2D eigenvalue weighted by molar-refractivity contribution is 0.324. The zero-order valence-electron chi connectivity index (χ0n) is 21.5. The van der Waals surface area contributed by atoms with Gasteiger partial charge in [0.15, 0.2) is 5.16 Å². The van der Waals surface area contributed by atoms with Gasteiger partial charge in [0.25, 0.3) is 0 Å². The van der Waals surface area contributed by atoms with E-state index in [9.17, 15) is 13.2 Å². The first kappa shape index (κ1) is 30.7. The number of imidazole rings is 1. The van der Waals surface area contributed by atoms with Crippen molar-refractivity contribution in [2.45, 2.75) is 30.2 Å². The van der Waals surface area contributed by atoms with Gasteiger partial charge in [0.2, 0.25) is 0 Å². The number of benzene rings is 3. The highest BCUT2D eigenvalue weighted by atomic mass is 35.5. The van der Waals surface area contributed by atoms with Crippen LogP contribution in [-0.4, -0.2) is 29.8 Å². The zero-order valence-corrected chi connectivity index (χ0v) is 23.9. The van der Waals surface area contributed by atoms with Crippen LogP contribution in [0.3, 0.4) is 0 Å². The number of ether oxygens (including phenoxy) is 2. The monoisotopic (exact) mass is 597 g/mol. The van der Waals surface area contributed by atoms with Crippen LogP contribution in [-0.2, 0) is 11.2 Å². The Kier molecular flexibility index (Phi) is 10.2. The summed E-state index contributed by atoms with van der Waals surface area (Å²) in [6.07, 6.45) is 1.71. The van der Waals surface area contributed by atoms with E-state index in [1.807, 2.05) is 30.5 Å². The number of hydrogen-bond acceptors (Lipinski definition) is 5. The van der Waals surface area contributed by atoms with Crippen LogP contribution in [0.15, 0.2) is 66.0 Å². The molecular formula is C28H28Cl2F3N3O2S. The summed E-state index contributed by atoms with van der Waals surface area (Å²) in [5.74, 6) is -1.25. The van der Waals surface area contributed by atoms with Crippen LogP contribution < -0.4 is 15.2 Å². The molecule has 1 aromatic heterocycles. The highest BCUT2D eigenvalue weighted by Gasteiger charge is 2.30. The minimum absolute atomic E-state index is 0. The first-order valence-corrected chi connectivity index (χ1v) is 13.1. The van der Waals surface area contributed by atoms with E-state index in [2.05, 4.69) is 4.98 Å². The molecule has 0 spiro atoms. The van der Waals surface area contributed by atoms with E-state index in [4.69, 9.17) is 26.8 Å². The number of nitrogens with two attached hydrogens (primary N) is 1. The molecule has 0 aliphatic heterocycles. The lowest BCUT2D eigenvalue weighted by atomic mass is 9.81. The fourth-order valence-corrected chi connectivity index (χ4v) is 5.23.